The highest BCUT2D eigenvalue weighted by Gasteiger charge is 2.06. The Hall–Kier alpha value is -2.06. The maximum Gasteiger partial charge on any atom is 0.143 e. The third kappa shape index (κ3) is 2.60. The topological polar surface area (TPSA) is 57.9 Å². The normalized spacial score (nSPS) is 9.83. The van der Waals surface area contributed by atoms with Gasteiger partial charge in [0.25, 0.3) is 0 Å². The predicted molar refractivity (Wildman–Crippen MR) is 71.9 cm³/mol. The number of aryl methyl sites for hydroxylation is 1. The van der Waals surface area contributed by atoms with Crippen LogP contribution in [0.25, 0.3) is 0 Å². The summed E-state index contributed by atoms with van der Waals surface area (Å²) in [5.41, 5.74) is 4.35. The van der Waals surface area contributed by atoms with Crippen LogP contribution in [0.2, 0.25) is 0 Å². The van der Waals surface area contributed by atoms with Gasteiger partial charge in [-0.2, -0.15) is 5.26 Å². The number of rotatable bonds is 4. The van der Waals surface area contributed by atoms with Gasteiger partial charge in [0, 0.05) is 10.9 Å². The molecule has 0 radical (unpaired) electrons. The van der Waals surface area contributed by atoms with Gasteiger partial charge in [-0.25, -0.2) is 4.98 Å². The molecule has 0 saturated carbocycles. The van der Waals surface area contributed by atoms with Crippen LogP contribution in [-0.4, -0.2) is 12.1 Å². The van der Waals surface area contributed by atoms with Crippen LogP contribution in [0.5, 0.6) is 5.75 Å². The van der Waals surface area contributed by atoms with Gasteiger partial charge in [0.15, 0.2) is 0 Å². The maximum absolute atomic E-state index is 8.83. The van der Waals surface area contributed by atoms with E-state index in [0.717, 1.165) is 11.4 Å². The van der Waals surface area contributed by atoms with Crippen LogP contribution in [-0.2, 0) is 6.54 Å². The van der Waals surface area contributed by atoms with Gasteiger partial charge in [0.1, 0.15) is 5.75 Å². The van der Waals surface area contributed by atoms with E-state index in [0.29, 0.717) is 17.9 Å². The molecule has 0 aliphatic heterocycles. The van der Waals surface area contributed by atoms with Gasteiger partial charge in [-0.3, -0.25) is 0 Å². The molecule has 18 heavy (non-hydrogen) atoms. The van der Waals surface area contributed by atoms with E-state index in [4.69, 9.17) is 10.00 Å². The Morgan fingerprint density at radius 2 is 2.33 bits per heavy atom. The highest BCUT2D eigenvalue weighted by Crippen LogP contribution is 2.26. The van der Waals surface area contributed by atoms with Crippen molar-refractivity contribution >= 4 is 17.0 Å². The lowest BCUT2D eigenvalue weighted by Crippen LogP contribution is -2.01. The monoisotopic (exact) mass is 259 g/mol. The number of ether oxygens (including phenoxy) is 1. The zero-order chi connectivity index (χ0) is 13.0. The summed E-state index contributed by atoms with van der Waals surface area (Å²) < 4.78 is 5.26. The highest BCUT2D eigenvalue weighted by molar-refractivity contribution is 7.09. The average Bonchev–Trinajstić information content (AvgIpc) is 2.81. The largest absolute Gasteiger partial charge is 0.495 e. The standard InChI is InChI=1S/C13H13N3OS/c1-9-13(18-8-16-9)7-15-11-4-3-10(6-14)5-12(11)17-2/h3-5,8,15H,7H2,1-2H3. The molecule has 92 valence electrons. The first-order valence-corrected chi connectivity index (χ1v) is 6.33. The van der Waals surface area contributed by atoms with E-state index in [1.165, 1.54) is 4.88 Å². The zero-order valence-corrected chi connectivity index (χ0v) is 11.0. The maximum atomic E-state index is 8.83. The quantitative estimate of drug-likeness (QED) is 0.917. The molecule has 0 atom stereocenters. The van der Waals surface area contributed by atoms with E-state index in [1.807, 2.05) is 18.5 Å². The van der Waals surface area contributed by atoms with E-state index in [1.54, 1.807) is 30.6 Å². The smallest absolute Gasteiger partial charge is 0.143 e. The minimum atomic E-state index is 0.589. The summed E-state index contributed by atoms with van der Waals surface area (Å²) in [7, 11) is 1.60. The Morgan fingerprint density at radius 1 is 1.50 bits per heavy atom. The Labute approximate surface area is 110 Å². The van der Waals surface area contributed by atoms with Crippen molar-refractivity contribution in [3.05, 3.63) is 39.8 Å². The molecule has 0 bridgehead atoms. The molecule has 4 nitrogen and oxygen atoms in total. The Bertz CT molecular complexity index is 586. The van der Waals surface area contributed by atoms with Gasteiger partial charge in [-0.15, -0.1) is 11.3 Å². The molecule has 2 aromatic rings. The highest BCUT2D eigenvalue weighted by atomic mass is 32.1. The molecule has 0 aliphatic carbocycles. The lowest BCUT2D eigenvalue weighted by molar-refractivity contribution is 0.416. The number of aromatic nitrogens is 1. The van der Waals surface area contributed by atoms with Crippen LogP contribution in [0.3, 0.4) is 0 Å². The average molecular weight is 259 g/mol. The first-order valence-electron chi connectivity index (χ1n) is 5.45. The third-order valence-electron chi connectivity index (χ3n) is 2.61. The van der Waals surface area contributed by atoms with Crippen molar-refractivity contribution < 1.29 is 4.74 Å². The number of nitrogens with zero attached hydrogens (tertiary/aromatic N) is 2. The predicted octanol–water partition coefficient (Wildman–Crippen LogP) is 2.94. The number of methoxy groups -OCH3 is 1. The van der Waals surface area contributed by atoms with Gasteiger partial charge in [-0.05, 0) is 19.1 Å². The van der Waals surface area contributed by atoms with Crippen molar-refractivity contribution in [3.63, 3.8) is 0 Å². The Kier molecular flexibility index (Phi) is 3.80. The minimum Gasteiger partial charge on any atom is -0.495 e. The third-order valence-corrected chi connectivity index (χ3v) is 3.55. The summed E-state index contributed by atoms with van der Waals surface area (Å²) >= 11 is 1.62. The van der Waals surface area contributed by atoms with Crippen molar-refractivity contribution in [2.24, 2.45) is 0 Å². The SMILES string of the molecule is COc1cc(C#N)ccc1NCc1scnc1C. The van der Waals surface area contributed by atoms with E-state index in [-0.39, 0.29) is 0 Å². The second-order valence-electron chi connectivity index (χ2n) is 3.74. The summed E-state index contributed by atoms with van der Waals surface area (Å²) in [6, 6.07) is 7.44. The second kappa shape index (κ2) is 5.52. The lowest BCUT2D eigenvalue weighted by atomic mass is 10.2. The number of hydrogen-bond acceptors (Lipinski definition) is 5. The van der Waals surface area contributed by atoms with Crippen LogP contribution in [0.1, 0.15) is 16.1 Å². The number of nitriles is 1. The molecule has 0 aliphatic rings. The van der Waals surface area contributed by atoms with E-state index in [2.05, 4.69) is 16.4 Å². The molecule has 0 spiro atoms. The van der Waals surface area contributed by atoms with Crippen LogP contribution in [0.4, 0.5) is 5.69 Å². The fourth-order valence-corrected chi connectivity index (χ4v) is 2.30. The molecule has 1 aromatic carbocycles. The van der Waals surface area contributed by atoms with Crippen LogP contribution in [0, 0.1) is 18.3 Å². The Balaban J connectivity index is 2.15. The summed E-state index contributed by atoms with van der Waals surface area (Å²) in [5.74, 6) is 0.677. The summed E-state index contributed by atoms with van der Waals surface area (Å²) in [5, 5.41) is 12.1. The molecule has 0 unspecified atom stereocenters. The number of benzene rings is 1. The molecule has 5 heteroatoms. The molecule has 0 saturated heterocycles. The molecular formula is C13H13N3OS. The summed E-state index contributed by atoms with van der Waals surface area (Å²) in [4.78, 5) is 5.40. The molecule has 2 rings (SSSR count). The molecule has 1 heterocycles. The van der Waals surface area contributed by atoms with Crippen molar-refractivity contribution in [1.82, 2.24) is 4.98 Å². The van der Waals surface area contributed by atoms with Crippen LogP contribution < -0.4 is 10.1 Å². The fourth-order valence-electron chi connectivity index (χ4n) is 1.58. The van der Waals surface area contributed by atoms with Gasteiger partial charge in [-0.1, -0.05) is 0 Å². The van der Waals surface area contributed by atoms with Gasteiger partial charge >= 0.3 is 0 Å². The zero-order valence-electron chi connectivity index (χ0n) is 10.2. The number of hydrogen-bond donors (Lipinski definition) is 1. The molecular weight excluding hydrogens is 246 g/mol. The number of nitrogens with one attached hydrogen (secondary N) is 1. The van der Waals surface area contributed by atoms with Crippen LogP contribution in [0.15, 0.2) is 23.7 Å². The van der Waals surface area contributed by atoms with Crippen LogP contribution >= 0.6 is 11.3 Å². The first kappa shape index (κ1) is 12.4. The van der Waals surface area contributed by atoms with Gasteiger partial charge in [0.05, 0.1) is 42.2 Å². The molecule has 1 N–H and O–H groups in total. The second-order valence-corrected chi connectivity index (χ2v) is 4.68. The summed E-state index contributed by atoms with van der Waals surface area (Å²) in [6.45, 7) is 2.70. The fraction of sp³-hybridized carbons (Fsp3) is 0.231. The number of thiazole rings is 1. The van der Waals surface area contributed by atoms with Crippen molar-refractivity contribution in [3.8, 4) is 11.8 Å². The van der Waals surface area contributed by atoms with E-state index < -0.39 is 0 Å². The van der Waals surface area contributed by atoms with Crippen molar-refractivity contribution in [1.29, 1.82) is 5.26 Å². The Morgan fingerprint density at radius 3 is 2.94 bits per heavy atom. The first-order chi connectivity index (χ1) is 8.74. The van der Waals surface area contributed by atoms with Crippen molar-refractivity contribution in [2.45, 2.75) is 13.5 Å². The van der Waals surface area contributed by atoms with E-state index >= 15 is 0 Å². The number of anilines is 1. The minimum absolute atomic E-state index is 0.589. The molecule has 0 amide bonds. The van der Waals surface area contributed by atoms with Gasteiger partial charge in [0.2, 0.25) is 0 Å². The molecule has 1 aromatic heterocycles. The summed E-state index contributed by atoms with van der Waals surface area (Å²) in [6.07, 6.45) is 0. The lowest BCUT2D eigenvalue weighted by Gasteiger charge is -2.10. The van der Waals surface area contributed by atoms with E-state index in [9.17, 15) is 0 Å². The van der Waals surface area contributed by atoms with Gasteiger partial charge < -0.3 is 10.1 Å². The molecule has 0 fully saturated rings. The van der Waals surface area contributed by atoms with Crippen molar-refractivity contribution in [2.75, 3.05) is 12.4 Å².